The molecule has 1 atom stereocenters. The van der Waals surface area contributed by atoms with E-state index in [1.807, 2.05) is 18.5 Å². The summed E-state index contributed by atoms with van der Waals surface area (Å²) in [7, 11) is 1.88. The molecule has 0 fully saturated rings. The van der Waals surface area contributed by atoms with E-state index in [4.69, 9.17) is 10.8 Å². The summed E-state index contributed by atoms with van der Waals surface area (Å²) in [5.74, 6) is -1.03. The third kappa shape index (κ3) is 2.11. The number of aromatic nitrogens is 2. The van der Waals surface area contributed by atoms with Crippen LogP contribution < -0.4 is 5.73 Å². The van der Waals surface area contributed by atoms with Crippen LogP contribution in [0.4, 0.5) is 0 Å². The molecule has 0 aliphatic rings. The van der Waals surface area contributed by atoms with Crippen LogP contribution in [0, 0.1) is 6.92 Å². The van der Waals surface area contributed by atoms with Gasteiger partial charge >= 0.3 is 5.97 Å². The molecule has 1 aromatic heterocycles. The minimum atomic E-state index is -0.842. The van der Waals surface area contributed by atoms with Gasteiger partial charge in [0.05, 0.1) is 18.4 Å². The van der Waals surface area contributed by atoms with Gasteiger partial charge in [0, 0.05) is 25.2 Å². The molecule has 0 aromatic carbocycles. The van der Waals surface area contributed by atoms with E-state index >= 15 is 0 Å². The van der Waals surface area contributed by atoms with Crippen molar-refractivity contribution < 1.29 is 9.90 Å². The van der Waals surface area contributed by atoms with E-state index in [0.29, 0.717) is 6.54 Å². The zero-order chi connectivity index (χ0) is 10.7. The summed E-state index contributed by atoms with van der Waals surface area (Å²) < 4.78 is 1.86. The van der Waals surface area contributed by atoms with Gasteiger partial charge in [0.25, 0.3) is 0 Å². The van der Waals surface area contributed by atoms with Crippen LogP contribution in [0.3, 0.4) is 0 Å². The zero-order valence-electron chi connectivity index (χ0n) is 8.40. The molecule has 5 heteroatoms. The number of carboxylic acid groups (broad SMARTS) is 1. The summed E-state index contributed by atoms with van der Waals surface area (Å²) in [6.45, 7) is 2.22. The lowest BCUT2D eigenvalue weighted by molar-refractivity contribution is -0.137. The first-order valence-electron chi connectivity index (χ1n) is 4.46. The summed E-state index contributed by atoms with van der Waals surface area (Å²) in [5.41, 5.74) is 7.28. The summed E-state index contributed by atoms with van der Waals surface area (Å²) in [6.07, 6.45) is 1.71. The molecule has 1 heterocycles. The molecule has 0 radical (unpaired) electrons. The van der Waals surface area contributed by atoms with E-state index in [9.17, 15) is 4.79 Å². The van der Waals surface area contributed by atoms with Crippen molar-refractivity contribution in [2.24, 2.45) is 12.8 Å². The Morgan fingerprint density at radius 3 is 2.79 bits per heavy atom. The van der Waals surface area contributed by atoms with Crippen molar-refractivity contribution >= 4 is 5.97 Å². The summed E-state index contributed by atoms with van der Waals surface area (Å²) in [4.78, 5) is 14.7. The van der Waals surface area contributed by atoms with Crippen molar-refractivity contribution in [3.05, 3.63) is 17.7 Å². The van der Waals surface area contributed by atoms with Crippen molar-refractivity contribution in [2.75, 3.05) is 6.54 Å². The van der Waals surface area contributed by atoms with Crippen LogP contribution in [0.2, 0.25) is 0 Å². The van der Waals surface area contributed by atoms with Crippen molar-refractivity contribution in [3.8, 4) is 0 Å². The maximum absolute atomic E-state index is 10.6. The van der Waals surface area contributed by atoms with Crippen molar-refractivity contribution in [3.63, 3.8) is 0 Å². The van der Waals surface area contributed by atoms with Gasteiger partial charge in [0.1, 0.15) is 0 Å². The molecule has 0 spiro atoms. The minimum Gasteiger partial charge on any atom is -0.481 e. The summed E-state index contributed by atoms with van der Waals surface area (Å²) in [6, 6.07) is 0. The fraction of sp³-hybridized carbons (Fsp3) is 0.556. The van der Waals surface area contributed by atoms with Crippen LogP contribution in [-0.4, -0.2) is 27.2 Å². The fourth-order valence-corrected chi connectivity index (χ4v) is 1.41. The van der Waals surface area contributed by atoms with Crippen LogP contribution >= 0.6 is 0 Å². The molecule has 0 bridgehead atoms. The van der Waals surface area contributed by atoms with Gasteiger partial charge in [-0.15, -0.1) is 0 Å². The van der Waals surface area contributed by atoms with Crippen LogP contribution in [0.1, 0.15) is 23.7 Å². The highest BCUT2D eigenvalue weighted by atomic mass is 16.4. The van der Waals surface area contributed by atoms with Crippen molar-refractivity contribution in [1.29, 1.82) is 0 Å². The molecule has 14 heavy (non-hydrogen) atoms. The molecule has 5 nitrogen and oxygen atoms in total. The van der Waals surface area contributed by atoms with E-state index in [1.165, 1.54) is 0 Å². The fourth-order valence-electron chi connectivity index (χ4n) is 1.41. The molecule has 0 amide bonds. The Balaban J connectivity index is 2.89. The molecule has 0 saturated heterocycles. The topological polar surface area (TPSA) is 81.1 Å². The second-order valence-corrected chi connectivity index (χ2v) is 3.36. The summed E-state index contributed by atoms with van der Waals surface area (Å²) in [5, 5.41) is 8.68. The van der Waals surface area contributed by atoms with Gasteiger partial charge in [0.15, 0.2) is 0 Å². The minimum absolute atomic E-state index is 0.0361. The first kappa shape index (κ1) is 10.7. The van der Waals surface area contributed by atoms with Crippen LogP contribution in [-0.2, 0) is 11.8 Å². The molecular formula is C9H15N3O2. The molecule has 0 aliphatic carbocycles. The lowest BCUT2D eigenvalue weighted by atomic mass is 10.0. The van der Waals surface area contributed by atoms with E-state index in [1.54, 1.807) is 6.33 Å². The maximum Gasteiger partial charge on any atom is 0.304 e. The number of nitrogens with zero attached hydrogens (tertiary/aromatic N) is 2. The second-order valence-electron chi connectivity index (χ2n) is 3.36. The largest absolute Gasteiger partial charge is 0.481 e. The second kappa shape index (κ2) is 4.23. The molecule has 1 unspecified atom stereocenters. The van der Waals surface area contributed by atoms with Gasteiger partial charge in [-0.3, -0.25) is 4.79 Å². The molecule has 3 N–H and O–H groups in total. The first-order chi connectivity index (χ1) is 6.56. The van der Waals surface area contributed by atoms with Crippen molar-refractivity contribution in [1.82, 2.24) is 9.55 Å². The Bertz CT molecular complexity index is 333. The van der Waals surface area contributed by atoms with Gasteiger partial charge in [-0.1, -0.05) is 0 Å². The van der Waals surface area contributed by atoms with Gasteiger partial charge in [-0.05, 0) is 6.92 Å². The van der Waals surface area contributed by atoms with Crippen molar-refractivity contribution in [2.45, 2.75) is 19.3 Å². The standard InChI is InChI=1S/C9H15N3O2/c1-6-9(11-5-12(6)2)7(4-10)3-8(13)14/h5,7H,3-4,10H2,1-2H3,(H,13,14). The number of carbonyl (C=O) groups is 1. The predicted octanol–water partition coefficient (Wildman–Crippen LogP) is 0.246. The van der Waals surface area contributed by atoms with E-state index < -0.39 is 5.97 Å². The number of hydrogen-bond acceptors (Lipinski definition) is 3. The first-order valence-corrected chi connectivity index (χ1v) is 4.46. The van der Waals surface area contributed by atoms with Crippen LogP contribution in [0.5, 0.6) is 0 Å². The number of rotatable bonds is 4. The lowest BCUT2D eigenvalue weighted by Crippen LogP contribution is -2.17. The Morgan fingerprint density at radius 1 is 1.79 bits per heavy atom. The molecular weight excluding hydrogens is 182 g/mol. The molecule has 78 valence electrons. The van der Waals surface area contributed by atoms with E-state index in [-0.39, 0.29) is 12.3 Å². The normalized spacial score (nSPS) is 12.8. The van der Waals surface area contributed by atoms with Gasteiger partial charge in [-0.25, -0.2) is 4.98 Å². The third-order valence-corrected chi connectivity index (χ3v) is 2.36. The average molecular weight is 197 g/mol. The molecule has 0 saturated carbocycles. The number of imidazole rings is 1. The summed E-state index contributed by atoms with van der Waals surface area (Å²) >= 11 is 0. The molecule has 1 aromatic rings. The average Bonchev–Trinajstić information content (AvgIpc) is 2.44. The van der Waals surface area contributed by atoms with Gasteiger partial charge in [-0.2, -0.15) is 0 Å². The van der Waals surface area contributed by atoms with Crippen LogP contribution in [0.25, 0.3) is 0 Å². The number of aliphatic carboxylic acids is 1. The number of nitrogens with two attached hydrogens (primary N) is 1. The number of hydrogen-bond donors (Lipinski definition) is 2. The number of carboxylic acids is 1. The van der Waals surface area contributed by atoms with Gasteiger partial charge in [0.2, 0.25) is 0 Å². The highest BCUT2D eigenvalue weighted by Gasteiger charge is 2.18. The third-order valence-electron chi connectivity index (χ3n) is 2.36. The Hall–Kier alpha value is -1.36. The Kier molecular flexibility index (Phi) is 3.24. The van der Waals surface area contributed by atoms with Crippen LogP contribution in [0.15, 0.2) is 6.33 Å². The van der Waals surface area contributed by atoms with Gasteiger partial charge < -0.3 is 15.4 Å². The predicted molar refractivity (Wildman–Crippen MR) is 52.0 cm³/mol. The lowest BCUT2D eigenvalue weighted by Gasteiger charge is -2.10. The smallest absolute Gasteiger partial charge is 0.304 e. The highest BCUT2D eigenvalue weighted by molar-refractivity contribution is 5.68. The Labute approximate surface area is 82.6 Å². The van der Waals surface area contributed by atoms with E-state index in [2.05, 4.69) is 4.98 Å². The monoisotopic (exact) mass is 197 g/mol. The SMILES string of the molecule is Cc1c(C(CN)CC(=O)O)ncn1C. The Morgan fingerprint density at radius 2 is 2.43 bits per heavy atom. The van der Waals surface area contributed by atoms with E-state index in [0.717, 1.165) is 11.4 Å². The molecule has 1 rings (SSSR count). The zero-order valence-corrected chi connectivity index (χ0v) is 8.40. The quantitative estimate of drug-likeness (QED) is 0.724. The number of aryl methyl sites for hydroxylation is 1. The highest BCUT2D eigenvalue weighted by Crippen LogP contribution is 2.19. The maximum atomic E-state index is 10.6. The molecule has 0 aliphatic heterocycles.